The van der Waals surface area contributed by atoms with Gasteiger partial charge in [-0.3, -0.25) is 4.79 Å². The molecule has 118 valence electrons. The molecular formula is C16H18ClNO3S. The number of benzene rings is 1. The van der Waals surface area contributed by atoms with E-state index in [2.05, 4.69) is 0 Å². The fourth-order valence-corrected chi connectivity index (χ4v) is 3.28. The van der Waals surface area contributed by atoms with Crippen LogP contribution in [0.4, 0.5) is 0 Å². The number of methoxy groups -OCH3 is 2. The fraction of sp³-hybridized carbons (Fsp3) is 0.312. The van der Waals surface area contributed by atoms with Crippen LogP contribution in [0.1, 0.15) is 22.2 Å². The molecule has 6 heteroatoms. The van der Waals surface area contributed by atoms with Gasteiger partial charge in [0.05, 0.1) is 30.7 Å². The lowest BCUT2D eigenvalue weighted by Gasteiger charge is -2.22. The molecule has 0 saturated carbocycles. The lowest BCUT2D eigenvalue weighted by Crippen LogP contribution is -2.30. The predicted octanol–water partition coefficient (Wildman–Crippen LogP) is 4.08. The molecule has 1 aromatic carbocycles. The Balaban J connectivity index is 2.28. The predicted molar refractivity (Wildman–Crippen MR) is 89.3 cm³/mol. The maximum absolute atomic E-state index is 12.8. The van der Waals surface area contributed by atoms with Crippen LogP contribution in [0.2, 0.25) is 4.34 Å². The minimum atomic E-state index is -0.0947. The van der Waals surface area contributed by atoms with Gasteiger partial charge in [-0.25, -0.2) is 0 Å². The van der Waals surface area contributed by atoms with Crippen molar-refractivity contribution < 1.29 is 14.3 Å². The first-order valence-corrected chi connectivity index (χ1v) is 8.04. The molecule has 2 rings (SSSR count). The van der Waals surface area contributed by atoms with Crippen LogP contribution in [0.15, 0.2) is 30.3 Å². The largest absolute Gasteiger partial charge is 0.493 e. The van der Waals surface area contributed by atoms with Gasteiger partial charge in [0.15, 0.2) is 11.5 Å². The van der Waals surface area contributed by atoms with Gasteiger partial charge >= 0.3 is 0 Å². The van der Waals surface area contributed by atoms with Gasteiger partial charge in [-0.05, 0) is 31.2 Å². The maximum atomic E-state index is 12.8. The van der Waals surface area contributed by atoms with Crippen molar-refractivity contribution in [2.24, 2.45) is 0 Å². The van der Waals surface area contributed by atoms with E-state index in [0.29, 0.717) is 30.2 Å². The van der Waals surface area contributed by atoms with E-state index >= 15 is 0 Å². The summed E-state index contributed by atoms with van der Waals surface area (Å²) in [4.78, 5) is 15.6. The third-order valence-corrected chi connectivity index (χ3v) is 4.49. The smallest absolute Gasteiger partial charge is 0.258 e. The Labute approximate surface area is 139 Å². The molecule has 0 atom stereocenters. The van der Waals surface area contributed by atoms with Gasteiger partial charge < -0.3 is 14.4 Å². The number of ether oxygens (including phenoxy) is 2. The first-order chi connectivity index (χ1) is 10.6. The van der Waals surface area contributed by atoms with Gasteiger partial charge in [0.1, 0.15) is 0 Å². The Morgan fingerprint density at radius 2 is 2.00 bits per heavy atom. The molecule has 4 nitrogen and oxygen atoms in total. The second kappa shape index (κ2) is 7.51. The monoisotopic (exact) mass is 339 g/mol. The van der Waals surface area contributed by atoms with Crippen molar-refractivity contribution in [2.45, 2.75) is 13.5 Å². The molecule has 0 aliphatic rings. The quantitative estimate of drug-likeness (QED) is 0.796. The van der Waals surface area contributed by atoms with Gasteiger partial charge in [0, 0.05) is 11.4 Å². The van der Waals surface area contributed by atoms with E-state index in [1.807, 2.05) is 19.1 Å². The van der Waals surface area contributed by atoms with E-state index in [9.17, 15) is 4.79 Å². The number of para-hydroxylation sites is 1. The fourth-order valence-electron chi connectivity index (χ4n) is 2.18. The highest BCUT2D eigenvalue weighted by Gasteiger charge is 2.21. The van der Waals surface area contributed by atoms with E-state index in [1.165, 1.54) is 18.4 Å². The van der Waals surface area contributed by atoms with Crippen molar-refractivity contribution in [1.82, 2.24) is 4.90 Å². The lowest BCUT2D eigenvalue weighted by molar-refractivity contribution is 0.0750. The minimum Gasteiger partial charge on any atom is -0.493 e. The Morgan fingerprint density at radius 1 is 1.23 bits per heavy atom. The van der Waals surface area contributed by atoms with Gasteiger partial charge in [-0.2, -0.15) is 0 Å². The van der Waals surface area contributed by atoms with Crippen molar-refractivity contribution in [3.63, 3.8) is 0 Å². The molecular weight excluding hydrogens is 322 g/mol. The van der Waals surface area contributed by atoms with Crippen molar-refractivity contribution in [2.75, 3.05) is 20.8 Å². The summed E-state index contributed by atoms with van der Waals surface area (Å²) in [5.41, 5.74) is 0.492. The highest BCUT2D eigenvalue weighted by Crippen LogP contribution is 2.32. The molecule has 1 heterocycles. The number of rotatable bonds is 6. The highest BCUT2D eigenvalue weighted by molar-refractivity contribution is 7.16. The molecule has 0 saturated heterocycles. The third kappa shape index (κ3) is 3.54. The first-order valence-electron chi connectivity index (χ1n) is 6.85. The number of amides is 1. The van der Waals surface area contributed by atoms with Crippen LogP contribution in [-0.4, -0.2) is 31.6 Å². The van der Waals surface area contributed by atoms with Crippen LogP contribution in [0, 0.1) is 0 Å². The Kier molecular flexibility index (Phi) is 5.69. The summed E-state index contributed by atoms with van der Waals surface area (Å²) in [6.45, 7) is 3.06. The van der Waals surface area contributed by atoms with Gasteiger partial charge in [-0.1, -0.05) is 17.7 Å². The molecule has 1 aromatic heterocycles. The average Bonchev–Trinajstić information content (AvgIpc) is 2.96. The van der Waals surface area contributed by atoms with E-state index in [4.69, 9.17) is 21.1 Å². The molecule has 2 aromatic rings. The number of halogens is 1. The second-order valence-electron chi connectivity index (χ2n) is 4.57. The van der Waals surface area contributed by atoms with Crippen LogP contribution in [0.25, 0.3) is 0 Å². The molecule has 0 aliphatic heterocycles. The minimum absolute atomic E-state index is 0.0947. The maximum Gasteiger partial charge on any atom is 0.258 e. The van der Waals surface area contributed by atoms with Crippen LogP contribution in [0.3, 0.4) is 0 Å². The second-order valence-corrected chi connectivity index (χ2v) is 6.37. The van der Waals surface area contributed by atoms with E-state index < -0.39 is 0 Å². The summed E-state index contributed by atoms with van der Waals surface area (Å²) in [6, 6.07) is 9.07. The molecule has 0 bridgehead atoms. The molecule has 0 N–H and O–H groups in total. The Hall–Kier alpha value is -1.72. The van der Waals surface area contributed by atoms with Crippen LogP contribution < -0.4 is 9.47 Å². The summed E-state index contributed by atoms with van der Waals surface area (Å²) < 4.78 is 11.3. The van der Waals surface area contributed by atoms with Gasteiger partial charge in [0.25, 0.3) is 5.91 Å². The molecule has 0 aliphatic carbocycles. The zero-order chi connectivity index (χ0) is 16.1. The molecule has 0 fully saturated rings. The number of hydrogen-bond donors (Lipinski definition) is 0. The van der Waals surface area contributed by atoms with Crippen LogP contribution in [0.5, 0.6) is 11.5 Å². The van der Waals surface area contributed by atoms with Crippen LogP contribution in [-0.2, 0) is 6.54 Å². The molecule has 0 spiro atoms. The van der Waals surface area contributed by atoms with E-state index in [-0.39, 0.29) is 5.91 Å². The van der Waals surface area contributed by atoms with Crippen molar-refractivity contribution in [3.8, 4) is 11.5 Å². The summed E-state index contributed by atoms with van der Waals surface area (Å²) in [7, 11) is 3.08. The van der Waals surface area contributed by atoms with Gasteiger partial charge in [0.2, 0.25) is 0 Å². The zero-order valence-corrected chi connectivity index (χ0v) is 14.3. The third-order valence-electron chi connectivity index (χ3n) is 3.28. The number of carbonyl (C=O) groups is 1. The summed E-state index contributed by atoms with van der Waals surface area (Å²) >= 11 is 7.43. The zero-order valence-electron chi connectivity index (χ0n) is 12.8. The van der Waals surface area contributed by atoms with E-state index in [0.717, 1.165) is 9.21 Å². The summed E-state index contributed by atoms with van der Waals surface area (Å²) in [5, 5.41) is 0. The van der Waals surface area contributed by atoms with Crippen molar-refractivity contribution >= 4 is 28.8 Å². The SMILES string of the molecule is CCN(Cc1ccc(Cl)s1)C(=O)c1cccc(OC)c1OC. The molecule has 0 unspecified atom stereocenters. The number of thiophene rings is 1. The molecule has 22 heavy (non-hydrogen) atoms. The van der Waals surface area contributed by atoms with Crippen molar-refractivity contribution in [3.05, 3.63) is 45.1 Å². The lowest BCUT2D eigenvalue weighted by atomic mass is 10.1. The highest BCUT2D eigenvalue weighted by atomic mass is 35.5. The van der Waals surface area contributed by atoms with Crippen LogP contribution >= 0.6 is 22.9 Å². The first kappa shape index (κ1) is 16.6. The molecule has 1 amide bonds. The number of hydrogen-bond acceptors (Lipinski definition) is 4. The Morgan fingerprint density at radius 3 is 2.55 bits per heavy atom. The average molecular weight is 340 g/mol. The summed E-state index contributed by atoms with van der Waals surface area (Å²) in [5.74, 6) is 0.906. The topological polar surface area (TPSA) is 38.8 Å². The summed E-state index contributed by atoms with van der Waals surface area (Å²) in [6.07, 6.45) is 0. The van der Waals surface area contributed by atoms with E-state index in [1.54, 1.807) is 30.2 Å². The Bertz CT molecular complexity index is 657. The van der Waals surface area contributed by atoms with Gasteiger partial charge in [-0.15, -0.1) is 11.3 Å². The number of carbonyl (C=O) groups excluding carboxylic acids is 1. The van der Waals surface area contributed by atoms with Crippen molar-refractivity contribution in [1.29, 1.82) is 0 Å². The molecule has 0 radical (unpaired) electrons. The number of nitrogens with zero attached hydrogens (tertiary/aromatic N) is 1. The standard InChI is InChI=1S/C16H18ClNO3S/c1-4-18(10-11-8-9-14(17)22-11)16(19)12-6-5-7-13(20-2)15(12)21-3/h5-9H,4,10H2,1-3H3. The normalized spacial score (nSPS) is 10.4.